The zero-order valence-electron chi connectivity index (χ0n) is 11.1. The van der Waals surface area contributed by atoms with E-state index >= 15 is 0 Å². The first-order valence-corrected chi connectivity index (χ1v) is 6.93. The lowest BCUT2D eigenvalue weighted by atomic mass is 9.98. The first kappa shape index (κ1) is 14.7. The van der Waals surface area contributed by atoms with Gasteiger partial charge >= 0.3 is 0 Å². The summed E-state index contributed by atoms with van der Waals surface area (Å²) in [5.41, 5.74) is 5.30. The minimum Gasteiger partial charge on any atom is -0.351 e. The van der Waals surface area contributed by atoms with Crippen molar-refractivity contribution in [1.82, 2.24) is 5.32 Å². The third kappa shape index (κ3) is 4.52. The van der Waals surface area contributed by atoms with Gasteiger partial charge in [-0.05, 0) is 24.0 Å². The van der Waals surface area contributed by atoms with E-state index in [2.05, 4.69) is 37.9 Å². The molecule has 0 aliphatic rings. The van der Waals surface area contributed by atoms with Crippen molar-refractivity contribution in [3.63, 3.8) is 0 Å². The Morgan fingerprint density at radius 1 is 1.44 bits per heavy atom. The number of thiophene rings is 1. The molecule has 0 radical (unpaired) electrons. The normalized spacial score (nSPS) is 11.8. The van der Waals surface area contributed by atoms with E-state index in [-0.39, 0.29) is 5.91 Å². The summed E-state index contributed by atoms with van der Waals surface area (Å²) in [5, 5.41) is 2.95. The highest BCUT2D eigenvalue weighted by Crippen LogP contribution is 2.15. The zero-order valence-corrected chi connectivity index (χ0v) is 11.9. The van der Waals surface area contributed by atoms with E-state index < -0.39 is 0 Å². The smallest absolute Gasteiger partial charge is 0.261 e. The SMILES string of the molecule is CC(C)C(C)CNC(=O)c1ccc(C#CCN)s1. The topological polar surface area (TPSA) is 55.1 Å². The van der Waals surface area contributed by atoms with Crippen LogP contribution in [0.5, 0.6) is 0 Å². The molecule has 18 heavy (non-hydrogen) atoms. The second kappa shape index (κ2) is 7.20. The van der Waals surface area contributed by atoms with Crippen LogP contribution >= 0.6 is 11.3 Å². The first-order valence-electron chi connectivity index (χ1n) is 6.11. The molecule has 0 bridgehead atoms. The summed E-state index contributed by atoms with van der Waals surface area (Å²) in [6.07, 6.45) is 0. The standard InChI is InChI=1S/C14H20N2OS/c1-10(2)11(3)9-16-14(17)13-7-6-12(18-13)5-4-8-15/h6-7,10-11H,8-9,15H2,1-3H3,(H,16,17). The van der Waals surface area contributed by atoms with Crippen molar-refractivity contribution in [3.8, 4) is 11.8 Å². The van der Waals surface area contributed by atoms with Crippen LogP contribution in [-0.2, 0) is 0 Å². The van der Waals surface area contributed by atoms with Crippen LogP contribution < -0.4 is 11.1 Å². The highest BCUT2D eigenvalue weighted by atomic mass is 32.1. The molecule has 0 fully saturated rings. The van der Waals surface area contributed by atoms with Gasteiger partial charge in [-0.15, -0.1) is 11.3 Å². The van der Waals surface area contributed by atoms with Gasteiger partial charge in [-0.25, -0.2) is 0 Å². The molecule has 1 amide bonds. The Bertz CT molecular complexity index is 454. The average Bonchev–Trinajstić information content (AvgIpc) is 2.81. The molecule has 0 saturated heterocycles. The summed E-state index contributed by atoms with van der Waals surface area (Å²) in [7, 11) is 0. The van der Waals surface area contributed by atoms with Gasteiger partial charge in [0.15, 0.2) is 0 Å². The monoisotopic (exact) mass is 264 g/mol. The molecule has 1 unspecified atom stereocenters. The van der Waals surface area contributed by atoms with E-state index in [1.165, 1.54) is 11.3 Å². The summed E-state index contributed by atoms with van der Waals surface area (Å²) in [5.74, 6) is 6.73. The molecule has 1 atom stereocenters. The van der Waals surface area contributed by atoms with Crippen molar-refractivity contribution < 1.29 is 4.79 Å². The highest BCUT2D eigenvalue weighted by Gasteiger charge is 2.11. The molecule has 0 aliphatic heterocycles. The van der Waals surface area contributed by atoms with Crippen molar-refractivity contribution in [3.05, 3.63) is 21.9 Å². The molecular weight excluding hydrogens is 244 g/mol. The molecule has 3 nitrogen and oxygen atoms in total. The van der Waals surface area contributed by atoms with Crippen molar-refractivity contribution in [2.45, 2.75) is 20.8 Å². The van der Waals surface area contributed by atoms with Crippen LogP contribution in [0.1, 0.15) is 35.3 Å². The molecule has 0 aliphatic carbocycles. The number of hydrogen-bond acceptors (Lipinski definition) is 3. The maximum Gasteiger partial charge on any atom is 0.261 e. The highest BCUT2D eigenvalue weighted by molar-refractivity contribution is 7.14. The average molecular weight is 264 g/mol. The van der Waals surface area contributed by atoms with E-state index in [9.17, 15) is 4.79 Å². The van der Waals surface area contributed by atoms with Gasteiger partial charge < -0.3 is 11.1 Å². The molecule has 0 spiro atoms. The van der Waals surface area contributed by atoms with Crippen molar-refractivity contribution in [2.75, 3.05) is 13.1 Å². The second-order valence-corrected chi connectivity index (χ2v) is 5.68. The van der Waals surface area contributed by atoms with E-state index in [4.69, 9.17) is 5.73 Å². The van der Waals surface area contributed by atoms with Crippen molar-refractivity contribution >= 4 is 17.2 Å². The van der Waals surface area contributed by atoms with Crippen LogP contribution in [0.15, 0.2) is 12.1 Å². The Balaban J connectivity index is 2.54. The minimum absolute atomic E-state index is 0.0201. The number of nitrogens with two attached hydrogens (primary N) is 1. The summed E-state index contributed by atoms with van der Waals surface area (Å²) < 4.78 is 0. The summed E-state index contributed by atoms with van der Waals surface area (Å²) >= 11 is 1.40. The van der Waals surface area contributed by atoms with E-state index in [1.807, 2.05) is 6.07 Å². The van der Waals surface area contributed by atoms with Crippen LogP contribution in [0.3, 0.4) is 0 Å². The Kier molecular flexibility index (Phi) is 5.90. The number of rotatable bonds is 4. The predicted molar refractivity (Wildman–Crippen MR) is 76.6 cm³/mol. The van der Waals surface area contributed by atoms with Gasteiger partial charge in [-0.1, -0.05) is 32.6 Å². The molecule has 0 aromatic carbocycles. The van der Waals surface area contributed by atoms with Gasteiger partial charge in [0.05, 0.1) is 16.3 Å². The van der Waals surface area contributed by atoms with Gasteiger partial charge in [-0.2, -0.15) is 0 Å². The third-order valence-electron chi connectivity index (χ3n) is 2.87. The number of carbonyl (C=O) groups excluding carboxylic acids is 1. The van der Waals surface area contributed by atoms with Gasteiger partial charge in [0.25, 0.3) is 5.91 Å². The quantitative estimate of drug-likeness (QED) is 0.818. The number of amides is 1. The van der Waals surface area contributed by atoms with Crippen LogP contribution in [0.2, 0.25) is 0 Å². The molecule has 1 rings (SSSR count). The molecule has 4 heteroatoms. The number of carbonyl (C=O) groups is 1. The number of hydrogen-bond donors (Lipinski definition) is 2. The fraction of sp³-hybridized carbons (Fsp3) is 0.500. The lowest BCUT2D eigenvalue weighted by Crippen LogP contribution is -2.29. The molecule has 1 heterocycles. The fourth-order valence-electron chi connectivity index (χ4n) is 1.24. The Hall–Kier alpha value is -1.31. The van der Waals surface area contributed by atoms with Crippen LogP contribution in [0.4, 0.5) is 0 Å². The second-order valence-electron chi connectivity index (χ2n) is 4.60. The van der Waals surface area contributed by atoms with Gasteiger partial charge in [0.2, 0.25) is 0 Å². The van der Waals surface area contributed by atoms with E-state index in [1.54, 1.807) is 6.07 Å². The van der Waals surface area contributed by atoms with Crippen LogP contribution in [-0.4, -0.2) is 19.0 Å². The lowest BCUT2D eigenvalue weighted by molar-refractivity contribution is 0.0949. The van der Waals surface area contributed by atoms with E-state index in [0.29, 0.717) is 29.8 Å². The van der Waals surface area contributed by atoms with Gasteiger partial charge in [0.1, 0.15) is 0 Å². The van der Waals surface area contributed by atoms with Crippen LogP contribution in [0.25, 0.3) is 0 Å². The Morgan fingerprint density at radius 3 is 2.78 bits per heavy atom. The molecule has 0 saturated carbocycles. The van der Waals surface area contributed by atoms with Crippen molar-refractivity contribution in [1.29, 1.82) is 0 Å². The lowest BCUT2D eigenvalue weighted by Gasteiger charge is -2.15. The minimum atomic E-state index is -0.0201. The van der Waals surface area contributed by atoms with Crippen molar-refractivity contribution in [2.24, 2.45) is 17.6 Å². The fourth-order valence-corrected chi connectivity index (χ4v) is 2.04. The van der Waals surface area contributed by atoms with Gasteiger partial charge in [0, 0.05) is 6.54 Å². The summed E-state index contributed by atoms with van der Waals surface area (Å²) in [6.45, 7) is 7.49. The summed E-state index contributed by atoms with van der Waals surface area (Å²) in [6, 6.07) is 3.66. The van der Waals surface area contributed by atoms with Gasteiger partial charge in [-0.3, -0.25) is 4.79 Å². The molecule has 3 N–H and O–H groups in total. The molecular formula is C14H20N2OS. The first-order chi connectivity index (χ1) is 8.54. The van der Waals surface area contributed by atoms with E-state index in [0.717, 1.165) is 4.88 Å². The Morgan fingerprint density at radius 2 is 2.17 bits per heavy atom. The summed E-state index contributed by atoms with van der Waals surface area (Å²) in [4.78, 5) is 13.5. The maximum atomic E-state index is 11.9. The maximum absolute atomic E-state index is 11.9. The molecule has 1 aromatic heterocycles. The zero-order chi connectivity index (χ0) is 13.5. The molecule has 1 aromatic rings. The number of nitrogens with one attached hydrogen (secondary N) is 1. The Labute approximate surface area is 113 Å². The largest absolute Gasteiger partial charge is 0.351 e. The predicted octanol–water partition coefficient (Wildman–Crippen LogP) is 2.08. The molecule has 98 valence electrons. The third-order valence-corrected chi connectivity index (χ3v) is 3.87. The van der Waals surface area contributed by atoms with Crippen LogP contribution in [0, 0.1) is 23.7 Å².